The Morgan fingerprint density at radius 2 is 2.00 bits per heavy atom. The highest BCUT2D eigenvalue weighted by molar-refractivity contribution is 7.91. The van der Waals surface area contributed by atoms with Gasteiger partial charge in [-0.1, -0.05) is 0 Å². The third-order valence-corrected chi connectivity index (χ3v) is 2.67. The minimum Gasteiger partial charge on any atom is -0.329 e. The molecule has 0 aromatic rings. The average molecular weight is 161 g/mol. The Hall–Kier alpha value is -0.530. The predicted molar refractivity (Wildman–Crippen MR) is 41.2 cm³/mol. The summed E-state index contributed by atoms with van der Waals surface area (Å²) >= 11 is 0. The normalized spacial score (nSPS) is 10.8. The molecular formula is C6H11NO2S. The Balaban J connectivity index is 3.80. The maximum atomic E-state index is 10.8. The Labute approximate surface area is 61.5 Å². The maximum absolute atomic E-state index is 10.8. The molecule has 0 radical (unpaired) electrons. The van der Waals surface area contributed by atoms with E-state index in [4.69, 9.17) is 12.2 Å². The molecule has 10 heavy (non-hydrogen) atoms. The van der Waals surface area contributed by atoms with Crippen molar-refractivity contribution in [3.05, 3.63) is 0 Å². The summed E-state index contributed by atoms with van der Waals surface area (Å²) in [7, 11) is -2.96. The molecule has 4 heteroatoms. The van der Waals surface area contributed by atoms with E-state index in [2.05, 4.69) is 5.92 Å². The van der Waals surface area contributed by atoms with Gasteiger partial charge in [-0.25, -0.2) is 8.42 Å². The molecule has 0 aliphatic rings. The lowest BCUT2D eigenvalue weighted by Gasteiger charge is -1.96. The van der Waals surface area contributed by atoms with Crippen LogP contribution in [0.4, 0.5) is 0 Å². The first-order chi connectivity index (χ1) is 4.62. The van der Waals surface area contributed by atoms with Crippen LogP contribution in [0.3, 0.4) is 0 Å². The number of terminal acetylenes is 1. The highest BCUT2D eigenvalue weighted by Gasteiger charge is 2.06. The Bertz CT molecular complexity index is 212. The molecule has 0 unspecified atom stereocenters. The van der Waals surface area contributed by atoms with E-state index in [-0.39, 0.29) is 24.5 Å². The minimum atomic E-state index is -2.96. The Morgan fingerprint density at radius 3 is 2.40 bits per heavy atom. The van der Waals surface area contributed by atoms with Gasteiger partial charge in [0.05, 0.1) is 11.5 Å². The average Bonchev–Trinajstić information content (AvgIpc) is 1.84. The van der Waals surface area contributed by atoms with Gasteiger partial charge in [0.25, 0.3) is 0 Å². The Kier molecular flexibility index (Phi) is 4.08. The molecule has 0 aliphatic carbocycles. The summed E-state index contributed by atoms with van der Waals surface area (Å²) in [6.07, 6.45) is 5.17. The van der Waals surface area contributed by atoms with E-state index >= 15 is 0 Å². The minimum absolute atomic E-state index is 0.0364. The van der Waals surface area contributed by atoms with Gasteiger partial charge >= 0.3 is 0 Å². The van der Waals surface area contributed by atoms with Gasteiger partial charge in [-0.05, 0) is 0 Å². The molecular weight excluding hydrogens is 150 g/mol. The summed E-state index contributed by atoms with van der Waals surface area (Å²) in [4.78, 5) is 0. The van der Waals surface area contributed by atoms with Crippen molar-refractivity contribution in [3.8, 4) is 12.3 Å². The van der Waals surface area contributed by atoms with Crippen LogP contribution >= 0.6 is 0 Å². The van der Waals surface area contributed by atoms with Crippen molar-refractivity contribution in [3.63, 3.8) is 0 Å². The lowest BCUT2D eigenvalue weighted by Crippen LogP contribution is -2.18. The topological polar surface area (TPSA) is 60.2 Å². The van der Waals surface area contributed by atoms with Crippen LogP contribution in [0, 0.1) is 12.3 Å². The van der Waals surface area contributed by atoms with E-state index in [0.717, 1.165) is 0 Å². The van der Waals surface area contributed by atoms with Crippen molar-refractivity contribution in [2.24, 2.45) is 5.73 Å². The van der Waals surface area contributed by atoms with Crippen LogP contribution in [0.2, 0.25) is 0 Å². The van der Waals surface area contributed by atoms with Gasteiger partial charge in [-0.2, -0.15) is 0 Å². The molecule has 0 aromatic carbocycles. The SMILES string of the molecule is C#CCCS(=O)(=O)CCN. The number of hydrogen-bond donors (Lipinski definition) is 1. The monoisotopic (exact) mass is 161 g/mol. The first kappa shape index (κ1) is 9.47. The van der Waals surface area contributed by atoms with Crippen LogP contribution in [-0.2, 0) is 9.84 Å². The van der Waals surface area contributed by atoms with Crippen molar-refractivity contribution in [1.82, 2.24) is 0 Å². The van der Waals surface area contributed by atoms with Gasteiger partial charge < -0.3 is 5.73 Å². The van der Waals surface area contributed by atoms with E-state index in [1.54, 1.807) is 0 Å². The first-order valence-corrected chi connectivity index (χ1v) is 4.78. The molecule has 0 rings (SSSR count). The second kappa shape index (κ2) is 4.31. The number of sulfone groups is 1. The molecule has 0 atom stereocenters. The van der Waals surface area contributed by atoms with Crippen molar-refractivity contribution in [2.45, 2.75) is 6.42 Å². The summed E-state index contributed by atoms with van der Waals surface area (Å²) < 4.78 is 21.6. The van der Waals surface area contributed by atoms with Gasteiger partial charge in [0, 0.05) is 13.0 Å². The molecule has 58 valence electrons. The fourth-order valence-electron chi connectivity index (χ4n) is 0.496. The summed E-state index contributed by atoms with van der Waals surface area (Å²) in [5.41, 5.74) is 5.06. The second-order valence-electron chi connectivity index (χ2n) is 1.89. The lowest BCUT2D eigenvalue weighted by atomic mass is 10.5. The van der Waals surface area contributed by atoms with Crippen molar-refractivity contribution < 1.29 is 8.42 Å². The van der Waals surface area contributed by atoms with Gasteiger partial charge in [0.15, 0.2) is 9.84 Å². The molecule has 3 nitrogen and oxygen atoms in total. The predicted octanol–water partition coefficient (Wildman–Crippen LogP) is -0.617. The van der Waals surface area contributed by atoms with Crippen LogP contribution in [0.1, 0.15) is 6.42 Å². The molecule has 0 spiro atoms. The van der Waals surface area contributed by atoms with Crippen LogP contribution in [0.5, 0.6) is 0 Å². The Morgan fingerprint density at radius 1 is 1.40 bits per heavy atom. The van der Waals surface area contributed by atoms with E-state index in [1.165, 1.54) is 0 Å². The summed E-state index contributed by atoms with van der Waals surface area (Å²) in [5, 5.41) is 0. The summed E-state index contributed by atoms with van der Waals surface area (Å²) in [5.74, 6) is 2.35. The van der Waals surface area contributed by atoms with Gasteiger partial charge in [-0.3, -0.25) is 0 Å². The molecule has 0 saturated carbocycles. The van der Waals surface area contributed by atoms with Crippen LogP contribution in [-0.4, -0.2) is 26.5 Å². The number of nitrogens with two attached hydrogens (primary N) is 1. The molecule has 0 saturated heterocycles. The molecule has 0 bridgehead atoms. The van der Waals surface area contributed by atoms with Crippen molar-refractivity contribution in [2.75, 3.05) is 18.1 Å². The zero-order chi connectivity index (χ0) is 8.04. The third-order valence-electron chi connectivity index (χ3n) is 0.986. The molecule has 2 N–H and O–H groups in total. The standard InChI is InChI=1S/C6H11NO2S/c1-2-3-5-10(8,9)6-4-7/h1H,3-7H2. The van der Waals surface area contributed by atoms with Crippen molar-refractivity contribution in [1.29, 1.82) is 0 Å². The van der Waals surface area contributed by atoms with Crippen molar-refractivity contribution >= 4 is 9.84 Å². The van der Waals surface area contributed by atoms with Gasteiger partial charge in [0.1, 0.15) is 0 Å². The fraction of sp³-hybridized carbons (Fsp3) is 0.667. The second-order valence-corrected chi connectivity index (χ2v) is 4.20. The maximum Gasteiger partial charge on any atom is 0.152 e. The smallest absolute Gasteiger partial charge is 0.152 e. The summed E-state index contributed by atoms with van der Waals surface area (Å²) in [6.45, 7) is 0.174. The van der Waals surface area contributed by atoms with Crippen LogP contribution in [0.25, 0.3) is 0 Å². The first-order valence-electron chi connectivity index (χ1n) is 2.96. The van der Waals surface area contributed by atoms with Gasteiger partial charge in [-0.15, -0.1) is 12.3 Å². The fourth-order valence-corrected chi connectivity index (χ4v) is 1.49. The molecule has 0 amide bonds. The summed E-state index contributed by atoms with van der Waals surface area (Å²) in [6, 6.07) is 0. The van der Waals surface area contributed by atoms with E-state index in [0.29, 0.717) is 0 Å². The van der Waals surface area contributed by atoms with Crippen LogP contribution in [0.15, 0.2) is 0 Å². The molecule has 0 fully saturated rings. The van der Waals surface area contributed by atoms with E-state index in [1.807, 2.05) is 0 Å². The zero-order valence-corrected chi connectivity index (χ0v) is 6.52. The van der Waals surface area contributed by atoms with Crippen LogP contribution < -0.4 is 5.73 Å². The molecule has 0 heterocycles. The largest absolute Gasteiger partial charge is 0.329 e. The number of rotatable bonds is 4. The third kappa shape index (κ3) is 4.36. The molecule has 0 aliphatic heterocycles. The lowest BCUT2D eigenvalue weighted by molar-refractivity contribution is 0.596. The van der Waals surface area contributed by atoms with E-state index in [9.17, 15) is 8.42 Å². The number of hydrogen-bond acceptors (Lipinski definition) is 3. The van der Waals surface area contributed by atoms with E-state index < -0.39 is 9.84 Å². The quantitative estimate of drug-likeness (QED) is 0.559. The zero-order valence-electron chi connectivity index (χ0n) is 5.71. The highest BCUT2D eigenvalue weighted by atomic mass is 32.2. The molecule has 0 aromatic heterocycles. The van der Waals surface area contributed by atoms with Gasteiger partial charge in [0.2, 0.25) is 0 Å². The highest BCUT2D eigenvalue weighted by Crippen LogP contribution is 1.90.